The molecule has 1 aliphatic rings. The molecule has 0 N–H and O–H groups in total. The largest absolute Gasteiger partial charge is 0.497 e. The maximum atomic E-state index is 5.47. The minimum atomic E-state index is -1.50. The van der Waals surface area contributed by atoms with E-state index >= 15 is 0 Å². The van der Waals surface area contributed by atoms with Gasteiger partial charge in [-0.05, 0) is 53.1 Å². The fraction of sp³-hybridized carbons (Fsp3) is 0.304. The average Bonchev–Trinajstić information content (AvgIpc) is 2.67. The molecule has 0 fully saturated rings. The first kappa shape index (κ1) is 20.6. The van der Waals surface area contributed by atoms with Crippen molar-refractivity contribution in [3.05, 3.63) is 63.8 Å². The summed E-state index contributed by atoms with van der Waals surface area (Å²) in [5.74, 6) is 5.28. The molecule has 5 heteroatoms. The summed E-state index contributed by atoms with van der Waals surface area (Å²) in [6.07, 6.45) is 4.29. The Bertz CT molecular complexity index is 953. The van der Waals surface area contributed by atoms with Gasteiger partial charge in [0.25, 0.3) is 0 Å². The van der Waals surface area contributed by atoms with Crippen molar-refractivity contribution >= 4 is 30.1 Å². The lowest BCUT2D eigenvalue weighted by Crippen LogP contribution is -2.26. The summed E-state index contributed by atoms with van der Waals surface area (Å²) in [5.41, 5.74) is 7.10. The van der Waals surface area contributed by atoms with E-state index in [1.54, 1.807) is 14.2 Å². The lowest BCUT2D eigenvalue weighted by molar-refractivity contribution is 0.320. The second-order valence-corrected chi connectivity index (χ2v) is 13.5. The lowest BCUT2D eigenvalue weighted by atomic mass is 9.95. The van der Waals surface area contributed by atoms with Gasteiger partial charge in [0.15, 0.2) is 0 Å². The first-order valence-corrected chi connectivity index (χ1v) is 13.6. The molecule has 1 unspecified atom stereocenters. The summed E-state index contributed by atoms with van der Waals surface area (Å²) in [4.78, 5) is 2.29. The van der Waals surface area contributed by atoms with Crippen LogP contribution in [0.5, 0.6) is 11.5 Å². The zero-order valence-electron chi connectivity index (χ0n) is 17.0. The number of halogens is 1. The Labute approximate surface area is 177 Å². The Kier molecular flexibility index (Phi) is 6.22. The van der Waals surface area contributed by atoms with E-state index in [0.29, 0.717) is 0 Å². The van der Waals surface area contributed by atoms with E-state index in [9.17, 15) is 0 Å². The minimum Gasteiger partial charge on any atom is -0.497 e. The molecular weight excluding hydrogens is 430 g/mol. The van der Waals surface area contributed by atoms with E-state index in [1.807, 2.05) is 18.2 Å². The summed E-state index contributed by atoms with van der Waals surface area (Å²) >= 11 is 3.68. The molecule has 1 heterocycles. The number of hydrogen-bond acceptors (Lipinski definition) is 3. The van der Waals surface area contributed by atoms with Crippen LogP contribution >= 0.6 is 15.9 Å². The van der Waals surface area contributed by atoms with Crippen LogP contribution in [-0.2, 0) is 6.54 Å². The highest BCUT2D eigenvalue weighted by molar-refractivity contribution is 9.10. The Balaban J connectivity index is 2.02. The monoisotopic (exact) mass is 455 g/mol. The van der Waals surface area contributed by atoms with Crippen molar-refractivity contribution in [1.29, 1.82) is 0 Å². The van der Waals surface area contributed by atoms with E-state index < -0.39 is 8.07 Å². The predicted molar refractivity (Wildman–Crippen MR) is 122 cm³/mol. The fourth-order valence-electron chi connectivity index (χ4n) is 3.09. The standard InChI is InChI=1S/C23H26BrNO2Si/c1-26-19-8-9-22(24)18(14-19)16-25-12-10-17-6-7-20(27-2)15-21(17)23(25)11-13-28(3,4)5/h6-10,12,14-15,23H,16H2,1-5H3. The number of benzene rings is 2. The molecule has 1 aliphatic heterocycles. The predicted octanol–water partition coefficient (Wildman–Crippen LogP) is 5.87. The van der Waals surface area contributed by atoms with Crippen LogP contribution in [0, 0.1) is 11.5 Å². The van der Waals surface area contributed by atoms with Gasteiger partial charge in [-0.15, -0.1) is 5.54 Å². The quantitative estimate of drug-likeness (QED) is 0.424. The van der Waals surface area contributed by atoms with Gasteiger partial charge in [-0.2, -0.15) is 0 Å². The van der Waals surface area contributed by atoms with Crippen molar-refractivity contribution in [2.75, 3.05) is 14.2 Å². The summed E-state index contributed by atoms with van der Waals surface area (Å²) < 4.78 is 11.9. The first-order chi connectivity index (χ1) is 13.3. The summed E-state index contributed by atoms with van der Waals surface area (Å²) in [7, 11) is 1.89. The number of fused-ring (bicyclic) bond motifs is 1. The number of nitrogens with zero attached hydrogens (tertiary/aromatic N) is 1. The number of hydrogen-bond donors (Lipinski definition) is 0. The number of ether oxygens (including phenoxy) is 2. The molecule has 0 spiro atoms. The zero-order valence-corrected chi connectivity index (χ0v) is 19.6. The van der Waals surface area contributed by atoms with Gasteiger partial charge >= 0.3 is 0 Å². The molecule has 0 bridgehead atoms. The highest BCUT2D eigenvalue weighted by atomic mass is 79.9. The van der Waals surface area contributed by atoms with Gasteiger partial charge < -0.3 is 14.4 Å². The Hall–Kier alpha value is -2.16. The van der Waals surface area contributed by atoms with E-state index in [-0.39, 0.29) is 6.04 Å². The van der Waals surface area contributed by atoms with Crippen molar-refractivity contribution < 1.29 is 9.47 Å². The third-order valence-electron chi connectivity index (χ3n) is 4.56. The molecule has 146 valence electrons. The third kappa shape index (κ3) is 4.81. The number of methoxy groups -OCH3 is 2. The van der Waals surface area contributed by atoms with Crippen LogP contribution in [0.3, 0.4) is 0 Å². The van der Waals surface area contributed by atoms with E-state index in [0.717, 1.165) is 28.1 Å². The molecule has 0 amide bonds. The van der Waals surface area contributed by atoms with Gasteiger partial charge in [-0.3, -0.25) is 0 Å². The first-order valence-electron chi connectivity index (χ1n) is 9.28. The van der Waals surface area contributed by atoms with E-state index in [4.69, 9.17) is 9.47 Å². The Morgan fingerprint density at radius 3 is 2.39 bits per heavy atom. The van der Waals surface area contributed by atoms with Crippen molar-refractivity contribution in [2.45, 2.75) is 32.2 Å². The number of rotatable bonds is 4. The molecule has 28 heavy (non-hydrogen) atoms. The van der Waals surface area contributed by atoms with E-state index in [2.05, 4.69) is 82.4 Å². The van der Waals surface area contributed by atoms with Crippen LogP contribution in [0.25, 0.3) is 6.08 Å². The molecule has 0 saturated carbocycles. The Morgan fingerprint density at radius 1 is 1.04 bits per heavy atom. The van der Waals surface area contributed by atoms with Crippen molar-refractivity contribution in [1.82, 2.24) is 4.90 Å². The summed E-state index contributed by atoms with van der Waals surface area (Å²) in [6.45, 7) is 7.55. The van der Waals surface area contributed by atoms with Gasteiger partial charge in [0.05, 0.1) is 14.2 Å². The highest BCUT2D eigenvalue weighted by Gasteiger charge is 2.24. The molecular formula is C23H26BrNO2Si. The Morgan fingerprint density at radius 2 is 1.71 bits per heavy atom. The maximum absolute atomic E-state index is 5.47. The second-order valence-electron chi connectivity index (χ2n) is 7.86. The van der Waals surface area contributed by atoms with Crippen LogP contribution < -0.4 is 9.47 Å². The third-order valence-corrected chi connectivity index (χ3v) is 6.22. The van der Waals surface area contributed by atoms with Gasteiger partial charge in [0.2, 0.25) is 0 Å². The van der Waals surface area contributed by atoms with Gasteiger partial charge in [-0.1, -0.05) is 47.6 Å². The van der Waals surface area contributed by atoms with Crippen LogP contribution in [-0.4, -0.2) is 27.2 Å². The van der Waals surface area contributed by atoms with Crippen molar-refractivity contribution in [2.24, 2.45) is 0 Å². The normalized spacial score (nSPS) is 15.5. The molecule has 1 atom stereocenters. The highest BCUT2D eigenvalue weighted by Crippen LogP contribution is 2.35. The van der Waals surface area contributed by atoms with Gasteiger partial charge in [-0.25, -0.2) is 0 Å². The molecule has 0 saturated heterocycles. The van der Waals surface area contributed by atoms with Gasteiger partial charge in [0.1, 0.15) is 25.6 Å². The van der Waals surface area contributed by atoms with Crippen molar-refractivity contribution in [3.63, 3.8) is 0 Å². The molecule has 3 nitrogen and oxygen atoms in total. The zero-order chi connectivity index (χ0) is 20.3. The molecule has 2 aromatic rings. The van der Waals surface area contributed by atoms with Gasteiger partial charge in [0, 0.05) is 17.2 Å². The van der Waals surface area contributed by atoms with Crippen LogP contribution in [0.2, 0.25) is 19.6 Å². The molecule has 2 aromatic carbocycles. The summed E-state index contributed by atoms with van der Waals surface area (Å²) in [5, 5.41) is 0. The van der Waals surface area contributed by atoms with Crippen molar-refractivity contribution in [3.8, 4) is 23.0 Å². The maximum Gasteiger partial charge on any atom is 0.129 e. The molecule has 3 rings (SSSR count). The smallest absolute Gasteiger partial charge is 0.129 e. The summed E-state index contributed by atoms with van der Waals surface area (Å²) in [6, 6.07) is 12.3. The molecule has 0 radical (unpaired) electrons. The average molecular weight is 456 g/mol. The fourth-order valence-corrected chi connectivity index (χ4v) is 4.04. The molecule has 0 aromatic heterocycles. The van der Waals surface area contributed by atoms with E-state index in [1.165, 1.54) is 11.1 Å². The van der Waals surface area contributed by atoms with Crippen LogP contribution in [0.15, 0.2) is 47.1 Å². The lowest BCUT2D eigenvalue weighted by Gasteiger charge is -2.32. The molecule has 0 aliphatic carbocycles. The van der Waals surface area contributed by atoms with Crippen LogP contribution in [0.4, 0.5) is 0 Å². The SMILES string of the molecule is COc1ccc(Br)c(CN2C=Cc3ccc(OC)cc3C2C#C[Si](C)(C)C)c1. The van der Waals surface area contributed by atoms with Crippen LogP contribution in [0.1, 0.15) is 22.7 Å². The second kappa shape index (κ2) is 8.46. The topological polar surface area (TPSA) is 21.7 Å². The minimum absolute atomic E-state index is 0.0140.